The standard InChI is InChI=1S/C8H11ClOS/c1-3-6(10)7-4-5(2)8(9)11-7/h4,6,10H,3H2,1-2H3. The SMILES string of the molecule is CCC(O)c1cc(C)c(Cl)s1. The lowest BCUT2D eigenvalue weighted by molar-refractivity contribution is 0.177. The Balaban J connectivity index is 2.88. The fraction of sp³-hybridized carbons (Fsp3) is 0.500. The summed E-state index contributed by atoms with van der Waals surface area (Å²) in [6, 6.07) is 1.95. The second-order valence-electron chi connectivity index (χ2n) is 2.53. The van der Waals surface area contributed by atoms with Crippen molar-refractivity contribution in [2.45, 2.75) is 26.4 Å². The maximum Gasteiger partial charge on any atom is 0.0961 e. The second kappa shape index (κ2) is 3.57. The molecular weight excluding hydrogens is 180 g/mol. The van der Waals surface area contributed by atoms with Crippen molar-refractivity contribution in [3.8, 4) is 0 Å². The first kappa shape index (κ1) is 9.04. The van der Waals surface area contributed by atoms with E-state index in [1.807, 2.05) is 19.9 Å². The molecule has 0 radical (unpaired) electrons. The van der Waals surface area contributed by atoms with Crippen LogP contribution in [-0.2, 0) is 0 Å². The van der Waals surface area contributed by atoms with Crippen LogP contribution in [0, 0.1) is 6.92 Å². The molecule has 1 heterocycles. The highest BCUT2D eigenvalue weighted by atomic mass is 35.5. The molecule has 11 heavy (non-hydrogen) atoms. The Labute approximate surface area is 75.6 Å². The van der Waals surface area contributed by atoms with E-state index in [9.17, 15) is 5.11 Å². The van der Waals surface area contributed by atoms with Gasteiger partial charge in [0.2, 0.25) is 0 Å². The van der Waals surface area contributed by atoms with Gasteiger partial charge >= 0.3 is 0 Å². The van der Waals surface area contributed by atoms with Crippen LogP contribution in [0.3, 0.4) is 0 Å². The van der Waals surface area contributed by atoms with Gasteiger partial charge in [0.15, 0.2) is 0 Å². The summed E-state index contributed by atoms with van der Waals surface area (Å²) in [4.78, 5) is 0.968. The molecule has 1 unspecified atom stereocenters. The maximum atomic E-state index is 9.42. The highest BCUT2D eigenvalue weighted by Crippen LogP contribution is 2.31. The summed E-state index contributed by atoms with van der Waals surface area (Å²) in [6.07, 6.45) is 0.405. The molecule has 0 aliphatic rings. The maximum absolute atomic E-state index is 9.42. The molecule has 0 saturated carbocycles. The molecule has 1 N–H and O–H groups in total. The van der Waals surface area contributed by atoms with Crippen molar-refractivity contribution in [3.63, 3.8) is 0 Å². The van der Waals surface area contributed by atoms with E-state index in [-0.39, 0.29) is 6.10 Å². The van der Waals surface area contributed by atoms with Crippen molar-refractivity contribution >= 4 is 22.9 Å². The fourth-order valence-corrected chi connectivity index (χ4v) is 2.14. The summed E-state index contributed by atoms with van der Waals surface area (Å²) in [5.41, 5.74) is 1.05. The van der Waals surface area contributed by atoms with E-state index in [4.69, 9.17) is 11.6 Å². The molecule has 62 valence electrons. The summed E-state index contributed by atoms with van der Waals surface area (Å²) in [5, 5.41) is 9.42. The van der Waals surface area contributed by atoms with Crippen LogP contribution >= 0.6 is 22.9 Å². The third-order valence-electron chi connectivity index (χ3n) is 1.59. The first-order valence-electron chi connectivity index (χ1n) is 3.59. The van der Waals surface area contributed by atoms with Crippen LogP contribution < -0.4 is 0 Å². The Hall–Kier alpha value is -0.0500. The number of aliphatic hydroxyl groups excluding tert-OH is 1. The number of hydrogen-bond donors (Lipinski definition) is 1. The number of hydrogen-bond acceptors (Lipinski definition) is 2. The van der Waals surface area contributed by atoms with Gasteiger partial charge < -0.3 is 5.11 Å². The van der Waals surface area contributed by atoms with Gasteiger partial charge in [-0.05, 0) is 25.0 Å². The van der Waals surface area contributed by atoms with E-state index >= 15 is 0 Å². The highest BCUT2D eigenvalue weighted by Gasteiger charge is 2.09. The Morgan fingerprint density at radius 1 is 1.73 bits per heavy atom. The smallest absolute Gasteiger partial charge is 0.0961 e. The summed E-state index contributed by atoms with van der Waals surface area (Å²) in [7, 11) is 0. The van der Waals surface area contributed by atoms with E-state index in [1.165, 1.54) is 11.3 Å². The van der Waals surface area contributed by atoms with Gasteiger partial charge in [-0.15, -0.1) is 11.3 Å². The molecular formula is C8H11ClOS. The monoisotopic (exact) mass is 190 g/mol. The fourth-order valence-electron chi connectivity index (χ4n) is 0.849. The van der Waals surface area contributed by atoms with Crippen molar-refractivity contribution in [2.24, 2.45) is 0 Å². The molecule has 3 heteroatoms. The summed E-state index contributed by atoms with van der Waals surface area (Å²) < 4.78 is 0.785. The van der Waals surface area contributed by atoms with Crippen molar-refractivity contribution < 1.29 is 5.11 Å². The third-order valence-corrected chi connectivity index (χ3v) is 3.25. The first-order chi connectivity index (χ1) is 5.15. The molecule has 0 saturated heterocycles. The molecule has 1 nitrogen and oxygen atoms in total. The van der Waals surface area contributed by atoms with Gasteiger partial charge in [-0.1, -0.05) is 18.5 Å². The molecule has 0 aliphatic heterocycles. The number of halogens is 1. The van der Waals surface area contributed by atoms with Crippen LogP contribution in [0.4, 0.5) is 0 Å². The van der Waals surface area contributed by atoms with E-state index < -0.39 is 0 Å². The predicted octanol–water partition coefficient (Wildman–Crippen LogP) is 3.15. The molecule has 0 bridgehead atoms. The molecule has 0 aliphatic carbocycles. The second-order valence-corrected chi connectivity index (χ2v) is 4.22. The molecule has 1 aromatic rings. The van der Waals surface area contributed by atoms with Gasteiger partial charge in [0.1, 0.15) is 0 Å². The molecule has 0 fully saturated rings. The molecule has 0 spiro atoms. The van der Waals surface area contributed by atoms with E-state index in [2.05, 4.69) is 0 Å². The van der Waals surface area contributed by atoms with Crippen LogP contribution in [0.2, 0.25) is 4.34 Å². The minimum atomic E-state index is -0.341. The molecule has 1 aromatic heterocycles. The zero-order chi connectivity index (χ0) is 8.43. The zero-order valence-corrected chi connectivity index (χ0v) is 8.17. The van der Waals surface area contributed by atoms with Gasteiger partial charge in [0.05, 0.1) is 10.4 Å². The van der Waals surface area contributed by atoms with Crippen molar-refractivity contribution in [1.82, 2.24) is 0 Å². The highest BCUT2D eigenvalue weighted by molar-refractivity contribution is 7.16. The largest absolute Gasteiger partial charge is 0.388 e. The zero-order valence-electron chi connectivity index (χ0n) is 6.60. The predicted molar refractivity (Wildman–Crippen MR) is 49.3 cm³/mol. The van der Waals surface area contributed by atoms with E-state index in [0.29, 0.717) is 0 Å². The van der Waals surface area contributed by atoms with Gasteiger partial charge in [0.25, 0.3) is 0 Å². The Bertz CT molecular complexity index is 225. The van der Waals surface area contributed by atoms with Crippen LogP contribution in [0.5, 0.6) is 0 Å². The third kappa shape index (κ3) is 1.95. The average molecular weight is 191 g/mol. The Morgan fingerprint density at radius 3 is 2.73 bits per heavy atom. The molecule has 1 atom stereocenters. The van der Waals surface area contributed by atoms with Gasteiger partial charge in [0, 0.05) is 4.88 Å². The van der Waals surface area contributed by atoms with Gasteiger partial charge in [-0.2, -0.15) is 0 Å². The minimum absolute atomic E-state index is 0.341. The van der Waals surface area contributed by atoms with Crippen LogP contribution in [0.25, 0.3) is 0 Å². The summed E-state index contributed by atoms with van der Waals surface area (Å²) in [6.45, 7) is 3.90. The van der Waals surface area contributed by atoms with Gasteiger partial charge in [-0.3, -0.25) is 0 Å². The Morgan fingerprint density at radius 2 is 2.36 bits per heavy atom. The lowest BCUT2D eigenvalue weighted by Crippen LogP contribution is -1.89. The average Bonchev–Trinajstić information content (AvgIpc) is 2.31. The quantitative estimate of drug-likeness (QED) is 0.760. The lowest BCUT2D eigenvalue weighted by atomic mass is 10.2. The molecule has 0 aromatic carbocycles. The van der Waals surface area contributed by atoms with Crippen LogP contribution in [-0.4, -0.2) is 5.11 Å². The van der Waals surface area contributed by atoms with Crippen molar-refractivity contribution in [1.29, 1.82) is 0 Å². The van der Waals surface area contributed by atoms with Crippen LogP contribution in [0.1, 0.15) is 29.9 Å². The molecule has 1 rings (SSSR count). The van der Waals surface area contributed by atoms with E-state index in [0.717, 1.165) is 21.2 Å². The lowest BCUT2D eigenvalue weighted by Gasteiger charge is -2.01. The topological polar surface area (TPSA) is 20.2 Å². The Kier molecular flexibility index (Phi) is 2.93. The van der Waals surface area contributed by atoms with Crippen molar-refractivity contribution in [2.75, 3.05) is 0 Å². The number of aliphatic hydroxyl groups is 1. The first-order valence-corrected chi connectivity index (χ1v) is 4.78. The summed E-state index contributed by atoms with van der Waals surface area (Å²) >= 11 is 7.30. The number of rotatable bonds is 2. The number of aryl methyl sites for hydroxylation is 1. The van der Waals surface area contributed by atoms with Crippen molar-refractivity contribution in [3.05, 3.63) is 20.8 Å². The normalized spacial score (nSPS) is 13.5. The van der Waals surface area contributed by atoms with Gasteiger partial charge in [-0.25, -0.2) is 0 Å². The summed E-state index contributed by atoms with van der Waals surface area (Å²) in [5.74, 6) is 0. The molecule has 0 amide bonds. The number of thiophene rings is 1. The minimum Gasteiger partial charge on any atom is -0.388 e. The van der Waals surface area contributed by atoms with Crippen LogP contribution in [0.15, 0.2) is 6.07 Å². The van der Waals surface area contributed by atoms with E-state index in [1.54, 1.807) is 0 Å².